The van der Waals surface area contributed by atoms with Crippen LogP contribution in [0.25, 0.3) is 10.6 Å². The van der Waals surface area contributed by atoms with Crippen molar-refractivity contribution in [3.05, 3.63) is 113 Å². The van der Waals surface area contributed by atoms with Crippen LogP contribution < -0.4 is 0 Å². The minimum atomic E-state index is -0.473. The van der Waals surface area contributed by atoms with E-state index >= 15 is 0 Å². The smallest absolute Gasteiger partial charge is 0.358 e. The Morgan fingerprint density at radius 2 is 1.43 bits per heavy atom. The summed E-state index contributed by atoms with van der Waals surface area (Å²) in [6, 6.07) is 27.6. The Balaban J connectivity index is 1.59. The summed E-state index contributed by atoms with van der Waals surface area (Å²) in [5, 5.41) is 2.56. The predicted molar refractivity (Wildman–Crippen MR) is 112 cm³/mol. The van der Waals surface area contributed by atoms with Gasteiger partial charge in [0, 0.05) is 10.9 Å². The third-order valence-corrected chi connectivity index (χ3v) is 5.33. The second-order valence-electron chi connectivity index (χ2n) is 6.51. The van der Waals surface area contributed by atoms with E-state index in [1.807, 2.05) is 91.9 Å². The second kappa shape index (κ2) is 8.19. The lowest BCUT2D eigenvalue weighted by Gasteiger charge is -2.18. The Kier molecular flexibility index (Phi) is 5.31. The van der Waals surface area contributed by atoms with E-state index < -0.39 is 12.1 Å². The lowest BCUT2D eigenvalue weighted by molar-refractivity contribution is 0.0372. The Hall–Kier alpha value is -3.24. The van der Waals surface area contributed by atoms with Gasteiger partial charge in [0.05, 0.1) is 0 Å². The maximum absolute atomic E-state index is 12.8. The second-order valence-corrected chi connectivity index (χ2v) is 7.37. The van der Waals surface area contributed by atoms with Crippen molar-refractivity contribution in [1.29, 1.82) is 0 Å². The number of benzene rings is 3. The molecule has 0 bridgehead atoms. The van der Waals surface area contributed by atoms with Crippen LogP contribution in [-0.2, 0) is 4.74 Å². The van der Waals surface area contributed by atoms with Crippen LogP contribution in [0.15, 0.2) is 90.3 Å². The van der Waals surface area contributed by atoms with Gasteiger partial charge in [0.2, 0.25) is 0 Å². The Labute approximate surface area is 168 Å². The van der Waals surface area contributed by atoms with Crippen molar-refractivity contribution in [2.75, 3.05) is 0 Å². The number of nitrogens with zero attached hydrogens (tertiary/aromatic N) is 1. The summed E-state index contributed by atoms with van der Waals surface area (Å²) >= 11 is 1.44. The van der Waals surface area contributed by atoms with Gasteiger partial charge in [-0.15, -0.1) is 11.3 Å². The summed E-state index contributed by atoms with van der Waals surface area (Å²) in [5.41, 5.74) is 4.37. The highest BCUT2D eigenvalue weighted by Crippen LogP contribution is 2.29. The zero-order valence-electron chi connectivity index (χ0n) is 15.4. The molecule has 138 valence electrons. The van der Waals surface area contributed by atoms with Crippen LogP contribution in [0.1, 0.15) is 33.3 Å². The molecule has 0 unspecified atom stereocenters. The zero-order chi connectivity index (χ0) is 19.3. The van der Waals surface area contributed by atoms with Gasteiger partial charge in [-0.1, -0.05) is 90.5 Å². The van der Waals surface area contributed by atoms with E-state index in [2.05, 4.69) is 4.98 Å². The van der Waals surface area contributed by atoms with Crippen molar-refractivity contribution in [3.8, 4) is 10.6 Å². The molecule has 0 aliphatic heterocycles. The molecule has 0 spiro atoms. The lowest BCUT2D eigenvalue weighted by atomic mass is 10.0. The summed E-state index contributed by atoms with van der Waals surface area (Å²) in [6.07, 6.45) is -0.473. The highest BCUT2D eigenvalue weighted by atomic mass is 32.1. The summed E-state index contributed by atoms with van der Waals surface area (Å²) in [6.45, 7) is 2.04. The number of carbonyl (C=O) groups is 1. The average molecular weight is 385 g/mol. The first kappa shape index (κ1) is 18.1. The molecule has 3 aromatic carbocycles. The number of aryl methyl sites for hydroxylation is 1. The molecule has 1 aromatic heterocycles. The first-order valence-electron chi connectivity index (χ1n) is 9.04. The molecule has 4 aromatic rings. The van der Waals surface area contributed by atoms with Gasteiger partial charge in [-0.3, -0.25) is 0 Å². The fourth-order valence-corrected chi connectivity index (χ4v) is 3.74. The van der Waals surface area contributed by atoms with Crippen LogP contribution in [0, 0.1) is 6.92 Å². The number of aromatic nitrogens is 1. The van der Waals surface area contributed by atoms with Crippen molar-refractivity contribution in [2.45, 2.75) is 13.0 Å². The molecular weight excluding hydrogens is 366 g/mol. The number of hydrogen-bond donors (Lipinski definition) is 0. The van der Waals surface area contributed by atoms with E-state index in [1.165, 1.54) is 16.9 Å². The van der Waals surface area contributed by atoms with Crippen molar-refractivity contribution in [1.82, 2.24) is 4.98 Å². The van der Waals surface area contributed by atoms with Crippen molar-refractivity contribution < 1.29 is 9.53 Å². The van der Waals surface area contributed by atoms with E-state index in [9.17, 15) is 4.79 Å². The van der Waals surface area contributed by atoms with Gasteiger partial charge in [0.15, 0.2) is 11.8 Å². The molecule has 0 saturated heterocycles. The molecule has 0 aliphatic rings. The fourth-order valence-electron chi connectivity index (χ4n) is 2.95. The molecular formula is C24H19NO2S. The topological polar surface area (TPSA) is 39.2 Å². The van der Waals surface area contributed by atoms with Crippen molar-refractivity contribution >= 4 is 17.3 Å². The van der Waals surface area contributed by atoms with E-state index in [0.29, 0.717) is 5.69 Å². The van der Waals surface area contributed by atoms with E-state index in [4.69, 9.17) is 4.74 Å². The SMILES string of the molecule is Cc1ccc(-c2nc(C(=O)OC(c3ccccc3)c3ccccc3)cs2)cc1. The van der Waals surface area contributed by atoms with Crippen LogP contribution in [-0.4, -0.2) is 11.0 Å². The molecule has 0 saturated carbocycles. The van der Waals surface area contributed by atoms with Crippen LogP contribution >= 0.6 is 11.3 Å². The van der Waals surface area contributed by atoms with Crippen LogP contribution in [0.2, 0.25) is 0 Å². The Morgan fingerprint density at radius 3 is 2.00 bits per heavy atom. The quantitative estimate of drug-likeness (QED) is 0.392. The van der Waals surface area contributed by atoms with E-state index in [-0.39, 0.29) is 0 Å². The highest BCUT2D eigenvalue weighted by molar-refractivity contribution is 7.13. The van der Waals surface area contributed by atoms with Crippen molar-refractivity contribution in [3.63, 3.8) is 0 Å². The minimum Gasteiger partial charge on any atom is -0.448 e. The summed E-state index contributed by atoms with van der Waals surface area (Å²) in [5.74, 6) is -0.424. The lowest BCUT2D eigenvalue weighted by Crippen LogP contribution is -2.13. The molecule has 3 nitrogen and oxygen atoms in total. The molecule has 4 rings (SSSR count). The molecule has 0 N–H and O–H groups in total. The van der Waals surface area contributed by atoms with Crippen LogP contribution in [0.4, 0.5) is 0 Å². The van der Waals surface area contributed by atoms with Gasteiger partial charge in [-0.05, 0) is 18.1 Å². The van der Waals surface area contributed by atoms with Gasteiger partial charge >= 0.3 is 5.97 Å². The summed E-state index contributed by atoms with van der Waals surface area (Å²) in [4.78, 5) is 17.3. The number of ether oxygens (including phenoxy) is 1. The van der Waals surface area contributed by atoms with Crippen molar-refractivity contribution in [2.24, 2.45) is 0 Å². The third-order valence-electron chi connectivity index (χ3n) is 4.44. The molecule has 28 heavy (non-hydrogen) atoms. The maximum atomic E-state index is 12.8. The standard InChI is InChI=1S/C24H19NO2S/c1-17-12-14-20(15-13-17)23-25-21(16-28-23)24(26)27-22(18-8-4-2-5-9-18)19-10-6-3-7-11-19/h2-16,22H,1H3. The molecule has 1 heterocycles. The predicted octanol–water partition coefficient (Wildman–Crippen LogP) is 6.06. The largest absolute Gasteiger partial charge is 0.448 e. The van der Waals surface area contributed by atoms with Gasteiger partial charge in [0.25, 0.3) is 0 Å². The zero-order valence-corrected chi connectivity index (χ0v) is 16.2. The monoisotopic (exact) mass is 385 g/mol. The summed E-state index contributed by atoms with van der Waals surface area (Å²) < 4.78 is 5.88. The van der Waals surface area contributed by atoms with Gasteiger partial charge in [0.1, 0.15) is 5.01 Å². The molecule has 0 atom stereocenters. The molecule has 0 fully saturated rings. The fraction of sp³-hybridized carbons (Fsp3) is 0.0833. The highest BCUT2D eigenvalue weighted by Gasteiger charge is 2.21. The summed E-state index contributed by atoms with van der Waals surface area (Å²) in [7, 11) is 0. The normalized spacial score (nSPS) is 10.8. The first-order valence-corrected chi connectivity index (χ1v) is 9.92. The number of thiazole rings is 1. The first-order chi connectivity index (χ1) is 13.7. The minimum absolute atomic E-state index is 0.331. The van der Waals surface area contributed by atoms with E-state index in [1.54, 1.807) is 5.38 Å². The Morgan fingerprint density at radius 1 is 0.857 bits per heavy atom. The molecule has 0 aliphatic carbocycles. The average Bonchev–Trinajstić information content (AvgIpc) is 3.24. The Bertz CT molecular complexity index is 1020. The maximum Gasteiger partial charge on any atom is 0.358 e. The third kappa shape index (κ3) is 4.02. The van der Waals surface area contributed by atoms with Crippen LogP contribution in [0.5, 0.6) is 0 Å². The van der Waals surface area contributed by atoms with E-state index in [0.717, 1.165) is 21.7 Å². The number of carbonyl (C=O) groups excluding carboxylic acids is 1. The van der Waals surface area contributed by atoms with Gasteiger partial charge in [-0.2, -0.15) is 0 Å². The number of rotatable bonds is 5. The molecule has 4 heteroatoms. The van der Waals surface area contributed by atoms with Gasteiger partial charge in [-0.25, -0.2) is 9.78 Å². The molecule has 0 amide bonds. The number of esters is 1. The van der Waals surface area contributed by atoms with Crippen LogP contribution in [0.3, 0.4) is 0 Å². The van der Waals surface area contributed by atoms with Gasteiger partial charge < -0.3 is 4.74 Å². The number of hydrogen-bond acceptors (Lipinski definition) is 4. The molecule has 0 radical (unpaired) electrons.